The molecule has 0 saturated carbocycles. The zero-order chi connectivity index (χ0) is 23.2. The van der Waals surface area contributed by atoms with E-state index < -0.39 is 0 Å². The van der Waals surface area contributed by atoms with Crippen LogP contribution in [0.25, 0.3) is 5.69 Å². The zero-order valence-electron chi connectivity index (χ0n) is 19.5. The minimum atomic E-state index is -0.0191. The molecule has 8 heteroatoms. The molecule has 1 amide bonds. The monoisotopic (exact) mass is 465 g/mol. The van der Waals surface area contributed by atoms with Crippen LogP contribution in [0.2, 0.25) is 0 Å². The van der Waals surface area contributed by atoms with Crippen LogP contribution in [0, 0.1) is 20.8 Å². The first-order chi connectivity index (χ1) is 16.0. The minimum Gasteiger partial charge on any atom is -0.379 e. The van der Waals surface area contributed by atoms with E-state index in [9.17, 15) is 4.79 Å². The number of carbonyl (C=O) groups excluding carboxylic acids is 1. The molecular formula is C25H31N5O2S. The fourth-order valence-corrected chi connectivity index (χ4v) is 4.75. The Bertz CT molecular complexity index is 1110. The molecule has 0 atom stereocenters. The van der Waals surface area contributed by atoms with Crippen molar-refractivity contribution in [1.29, 1.82) is 0 Å². The lowest BCUT2D eigenvalue weighted by molar-refractivity contribution is -0.118. The molecular weight excluding hydrogens is 434 g/mol. The van der Waals surface area contributed by atoms with Crippen LogP contribution in [0.3, 0.4) is 0 Å². The van der Waals surface area contributed by atoms with E-state index in [1.54, 1.807) is 0 Å². The SMILES string of the molecule is Cc1ccc(C)c(-n2c(C)nnc2SCC(=O)NCc2ccccc2CN2CCOCC2)c1. The van der Waals surface area contributed by atoms with Gasteiger partial charge in [0.15, 0.2) is 5.16 Å². The van der Waals surface area contributed by atoms with Gasteiger partial charge in [-0.3, -0.25) is 14.3 Å². The maximum Gasteiger partial charge on any atom is 0.230 e. The second kappa shape index (κ2) is 11.0. The summed E-state index contributed by atoms with van der Waals surface area (Å²) in [6.45, 7) is 10.9. The summed E-state index contributed by atoms with van der Waals surface area (Å²) in [4.78, 5) is 15.0. The van der Waals surface area contributed by atoms with Gasteiger partial charge in [-0.05, 0) is 49.1 Å². The summed E-state index contributed by atoms with van der Waals surface area (Å²) in [7, 11) is 0. The van der Waals surface area contributed by atoms with Crippen molar-refractivity contribution in [3.8, 4) is 5.69 Å². The predicted octanol–water partition coefficient (Wildman–Crippen LogP) is 3.43. The smallest absolute Gasteiger partial charge is 0.230 e. The van der Waals surface area contributed by atoms with Crippen molar-refractivity contribution < 1.29 is 9.53 Å². The van der Waals surface area contributed by atoms with Crippen LogP contribution in [0.15, 0.2) is 47.6 Å². The van der Waals surface area contributed by atoms with Crippen LogP contribution in [0.1, 0.15) is 28.1 Å². The van der Waals surface area contributed by atoms with Gasteiger partial charge in [-0.25, -0.2) is 0 Å². The molecule has 0 bridgehead atoms. The molecule has 7 nitrogen and oxygen atoms in total. The van der Waals surface area contributed by atoms with Gasteiger partial charge in [-0.1, -0.05) is 48.2 Å². The Morgan fingerprint density at radius 3 is 2.61 bits per heavy atom. The Morgan fingerprint density at radius 1 is 1.06 bits per heavy atom. The van der Waals surface area contributed by atoms with Gasteiger partial charge < -0.3 is 10.1 Å². The fourth-order valence-electron chi connectivity index (χ4n) is 3.93. The second-order valence-electron chi connectivity index (χ2n) is 8.38. The largest absolute Gasteiger partial charge is 0.379 e. The molecule has 2 aromatic carbocycles. The number of nitrogens with zero attached hydrogens (tertiary/aromatic N) is 4. The van der Waals surface area contributed by atoms with Gasteiger partial charge in [0.25, 0.3) is 0 Å². The number of aryl methyl sites for hydroxylation is 3. The molecule has 1 saturated heterocycles. The van der Waals surface area contributed by atoms with Crippen molar-refractivity contribution in [1.82, 2.24) is 25.0 Å². The summed E-state index contributed by atoms with van der Waals surface area (Å²) in [5.41, 5.74) is 5.77. The number of hydrogen-bond acceptors (Lipinski definition) is 6. The fraction of sp³-hybridized carbons (Fsp3) is 0.400. The maximum atomic E-state index is 12.7. The maximum absolute atomic E-state index is 12.7. The lowest BCUT2D eigenvalue weighted by Crippen LogP contribution is -2.36. The highest BCUT2D eigenvalue weighted by Gasteiger charge is 2.16. The van der Waals surface area contributed by atoms with Crippen molar-refractivity contribution >= 4 is 17.7 Å². The molecule has 0 unspecified atom stereocenters. The van der Waals surface area contributed by atoms with Gasteiger partial charge >= 0.3 is 0 Å². The minimum absolute atomic E-state index is 0.0191. The molecule has 1 N–H and O–H groups in total. The highest BCUT2D eigenvalue weighted by molar-refractivity contribution is 7.99. The third-order valence-electron chi connectivity index (χ3n) is 5.83. The molecule has 1 aliphatic heterocycles. The molecule has 0 radical (unpaired) electrons. The average Bonchev–Trinajstić information content (AvgIpc) is 3.19. The summed E-state index contributed by atoms with van der Waals surface area (Å²) in [5, 5.41) is 12.4. The van der Waals surface area contributed by atoms with Gasteiger partial charge in [0.2, 0.25) is 5.91 Å². The van der Waals surface area contributed by atoms with Gasteiger partial charge in [-0.2, -0.15) is 0 Å². The van der Waals surface area contributed by atoms with Gasteiger partial charge in [-0.15, -0.1) is 10.2 Å². The highest BCUT2D eigenvalue weighted by atomic mass is 32.2. The normalized spacial score (nSPS) is 14.4. The van der Waals surface area contributed by atoms with Crippen molar-refractivity contribution in [2.24, 2.45) is 0 Å². The van der Waals surface area contributed by atoms with E-state index >= 15 is 0 Å². The van der Waals surface area contributed by atoms with E-state index in [4.69, 9.17) is 4.74 Å². The van der Waals surface area contributed by atoms with Crippen molar-refractivity contribution in [3.05, 3.63) is 70.5 Å². The van der Waals surface area contributed by atoms with E-state index in [0.717, 1.165) is 60.6 Å². The Balaban J connectivity index is 1.36. The van der Waals surface area contributed by atoms with Gasteiger partial charge in [0, 0.05) is 26.2 Å². The van der Waals surface area contributed by atoms with E-state index in [2.05, 4.69) is 70.7 Å². The van der Waals surface area contributed by atoms with Crippen molar-refractivity contribution in [2.45, 2.75) is 39.0 Å². The third kappa shape index (κ3) is 6.01. The lowest BCUT2D eigenvalue weighted by Gasteiger charge is -2.27. The Labute approximate surface area is 199 Å². The van der Waals surface area contributed by atoms with Gasteiger partial charge in [0.05, 0.1) is 24.7 Å². The van der Waals surface area contributed by atoms with Crippen molar-refractivity contribution in [2.75, 3.05) is 32.1 Å². The number of aromatic nitrogens is 3. The standard InChI is InChI=1S/C25H31N5O2S/c1-18-8-9-19(2)23(14-18)30-20(3)27-28-25(30)33-17-24(31)26-15-21-6-4-5-7-22(21)16-29-10-12-32-13-11-29/h4-9,14H,10-13,15-17H2,1-3H3,(H,26,31). The quantitative estimate of drug-likeness (QED) is 0.514. The Morgan fingerprint density at radius 2 is 1.82 bits per heavy atom. The lowest BCUT2D eigenvalue weighted by atomic mass is 10.1. The van der Waals surface area contributed by atoms with Crippen LogP contribution < -0.4 is 5.32 Å². The average molecular weight is 466 g/mol. The second-order valence-corrected chi connectivity index (χ2v) is 9.32. The number of rotatable bonds is 8. The number of thioether (sulfide) groups is 1. The molecule has 2 heterocycles. The summed E-state index contributed by atoms with van der Waals surface area (Å²) in [5.74, 6) is 1.08. The van der Waals surface area contributed by atoms with Gasteiger partial charge in [0.1, 0.15) is 5.82 Å². The zero-order valence-corrected chi connectivity index (χ0v) is 20.3. The van der Waals surface area contributed by atoms with Crippen LogP contribution >= 0.6 is 11.8 Å². The first-order valence-corrected chi connectivity index (χ1v) is 12.3. The van der Waals surface area contributed by atoms with E-state index in [-0.39, 0.29) is 11.7 Å². The van der Waals surface area contributed by atoms with E-state index in [0.29, 0.717) is 6.54 Å². The first kappa shape index (κ1) is 23.5. The number of nitrogens with one attached hydrogen (secondary N) is 1. The molecule has 4 rings (SSSR count). The summed E-state index contributed by atoms with van der Waals surface area (Å²) >= 11 is 1.41. The summed E-state index contributed by atoms with van der Waals surface area (Å²) < 4.78 is 7.47. The van der Waals surface area contributed by atoms with Crippen LogP contribution in [-0.2, 0) is 22.6 Å². The molecule has 0 spiro atoms. The number of amides is 1. The number of benzene rings is 2. The molecule has 33 heavy (non-hydrogen) atoms. The third-order valence-corrected chi connectivity index (χ3v) is 6.75. The van der Waals surface area contributed by atoms with Crippen LogP contribution in [0.4, 0.5) is 0 Å². The predicted molar refractivity (Wildman–Crippen MR) is 131 cm³/mol. The molecule has 3 aromatic rings. The number of morpholine rings is 1. The summed E-state index contributed by atoms with van der Waals surface area (Å²) in [6, 6.07) is 14.6. The molecule has 174 valence electrons. The molecule has 1 aliphatic rings. The van der Waals surface area contributed by atoms with E-state index in [1.165, 1.54) is 22.9 Å². The Kier molecular flexibility index (Phi) is 7.80. The summed E-state index contributed by atoms with van der Waals surface area (Å²) in [6.07, 6.45) is 0. The first-order valence-electron chi connectivity index (χ1n) is 11.3. The van der Waals surface area contributed by atoms with E-state index in [1.807, 2.05) is 17.6 Å². The van der Waals surface area contributed by atoms with Crippen molar-refractivity contribution in [3.63, 3.8) is 0 Å². The number of ether oxygens (including phenoxy) is 1. The highest BCUT2D eigenvalue weighted by Crippen LogP contribution is 2.25. The molecule has 0 aliphatic carbocycles. The van der Waals surface area contributed by atoms with Crippen LogP contribution in [0.5, 0.6) is 0 Å². The molecule has 1 aromatic heterocycles. The Hall–Kier alpha value is -2.68. The topological polar surface area (TPSA) is 72.3 Å². The van der Waals surface area contributed by atoms with Crippen LogP contribution in [-0.4, -0.2) is 57.6 Å². The number of hydrogen-bond donors (Lipinski definition) is 1. The number of carbonyl (C=O) groups is 1. The molecule has 1 fully saturated rings.